The molecule has 2 rings (SSSR count). The summed E-state index contributed by atoms with van der Waals surface area (Å²) in [4.78, 5) is 14.0. The lowest BCUT2D eigenvalue weighted by Gasteiger charge is -2.32. The quantitative estimate of drug-likeness (QED) is 0.895. The fourth-order valence-corrected chi connectivity index (χ4v) is 2.58. The number of likely N-dealkylation sites (tertiary alicyclic amines) is 1. The molecule has 0 spiro atoms. The van der Waals surface area contributed by atoms with Crippen LogP contribution in [0.2, 0.25) is 0 Å². The topological polar surface area (TPSA) is 49.8 Å². The molecule has 4 heteroatoms. The zero-order valence-corrected chi connectivity index (χ0v) is 12.0. The summed E-state index contributed by atoms with van der Waals surface area (Å²) in [5, 5.41) is 8.99. The first kappa shape index (κ1) is 14.9. The predicted molar refractivity (Wildman–Crippen MR) is 77.7 cm³/mol. The molecule has 4 nitrogen and oxygen atoms in total. The Morgan fingerprint density at radius 1 is 1.40 bits per heavy atom. The van der Waals surface area contributed by atoms with Gasteiger partial charge in [-0.3, -0.25) is 4.79 Å². The van der Waals surface area contributed by atoms with Crippen LogP contribution in [0.1, 0.15) is 24.8 Å². The van der Waals surface area contributed by atoms with E-state index in [1.54, 1.807) is 0 Å². The van der Waals surface area contributed by atoms with E-state index in [2.05, 4.69) is 0 Å². The molecule has 1 aliphatic heterocycles. The Labute approximate surface area is 120 Å². The number of aliphatic hydroxyl groups excluding tert-OH is 1. The molecule has 1 heterocycles. The van der Waals surface area contributed by atoms with Gasteiger partial charge in [-0.05, 0) is 44.2 Å². The molecule has 1 N–H and O–H groups in total. The lowest BCUT2D eigenvalue weighted by Crippen LogP contribution is -2.42. The number of piperidine rings is 1. The Balaban J connectivity index is 1.80. The number of carbonyl (C=O) groups is 1. The molecule has 1 aromatic carbocycles. The second kappa shape index (κ2) is 7.29. The maximum atomic E-state index is 12.1. The number of aliphatic hydroxyl groups is 1. The predicted octanol–water partition coefficient (Wildman–Crippen LogP) is 1.99. The van der Waals surface area contributed by atoms with E-state index in [9.17, 15) is 4.79 Å². The fourth-order valence-electron chi connectivity index (χ4n) is 2.58. The van der Waals surface area contributed by atoms with Gasteiger partial charge in [0.2, 0.25) is 0 Å². The van der Waals surface area contributed by atoms with Gasteiger partial charge < -0.3 is 14.7 Å². The first-order valence-electron chi connectivity index (χ1n) is 7.27. The first-order valence-corrected chi connectivity index (χ1v) is 7.27. The van der Waals surface area contributed by atoms with Crippen molar-refractivity contribution < 1.29 is 14.6 Å². The van der Waals surface area contributed by atoms with E-state index in [1.807, 2.05) is 36.1 Å². The Bertz CT molecular complexity index is 428. The molecule has 0 bridgehead atoms. The van der Waals surface area contributed by atoms with Crippen molar-refractivity contribution in [3.05, 3.63) is 29.8 Å². The van der Waals surface area contributed by atoms with E-state index in [0.717, 1.165) is 38.1 Å². The van der Waals surface area contributed by atoms with Crippen LogP contribution in [0.25, 0.3) is 0 Å². The van der Waals surface area contributed by atoms with Gasteiger partial charge in [0.15, 0.2) is 6.61 Å². The average Bonchev–Trinajstić information content (AvgIpc) is 2.47. The Morgan fingerprint density at radius 2 is 2.15 bits per heavy atom. The van der Waals surface area contributed by atoms with Gasteiger partial charge in [0.1, 0.15) is 5.75 Å². The summed E-state index contributed by atoms with van der Waals surface area (Å²) in [5.41, 5.74) is 1.17. The van der Waals surface area contributed by atoms with E-state index in [-0.39, 0.29) is 19.1 Å². The standard InChI is InChI=1S/C16H23NO3/c1-13-4-6-15(7-5-13)20-12-16(19)17-9-2-3-14(11-17)8-10-18/h4-7,14,18H,2-3,8-12H2,1H3. The van der Waals surface area contributed by atoms with Crippen molar-refractivity contribution in [2.24, 2.45) is 5.92 Å². The molecular formula is C16H23NO3. The maximum Gasteiger partial charge on any atom is 0.260 e. The van der Waals surface area contributed by atoms with Crippen LogP contribution >= 0.6 is 0 Å². The summed E-state index contributed by atoms with van der Waals surface area (Å²) in [6.45, 7) is 3.86. The van der Waals surface area contributed by atoms with Crippen LogP contribution in [-0.2, 0) is 4.79 Å². The van der Waals surface area contributed by atoms with Crippen molar-refractivity contribution in [2.45, 2.75) is 26.2 Å². The minimum atomic E-state index is 0.0354. The highest BCUT2D eigenvalue weighted by Crippen LogP contribution is 2.19. The number of carbonyl (C=O) groups excluding carboxylic acids is 1. The van der Waals surface area contributed by atoms with Gasteiger partial charge in [-0.15, -0.1) is 0 Å². The van der Waals surface area contributed by atoms with Crippen LogP contribution in [0.5, 0.6) is 5.75 Å². The second-order valence-electron chi connectivity index (χ2n) is 5.46. The molecule has 0 radical (unpaired) electrons. The van der Waals surface area contributed by atoms with E-state index in [1.165, 1.54) is 5.56 Å². The normalized spacial score (nSPS) is 18.9. The smallest absolute Gasteiger partial charge is 0.260 e. The molecular weight excluding hydrogens is 254 g/mol. The number of aryl methyl sites for hydroxylation is 1. The number of hydrogen-bond donors (Lipinski definition) is 1. The van der Waals surface area contributed by atoms with Crippen molar-refractivity contribution in [2.75, 3.05) is 26.3 Å². The zero-order valence-electron chi connectivity index (χ0n) is 12.0. The van der Waals surface area contributed by atoms with E-state index >= 15 is 0 Å². The molecule has 0 aromatic heterocycles. The highest BCUT2D eigenvalue weighted by atomic mass is 16.5. The summed E-state index contributed by atoms with van der Waals surface area (Å²) >= 11 is 0. The van der Waals surface area contributed by atoms with E-state index in [0.29, 0.717) is 5.92 Å². The van der Waals surface area contributed by atoms with Crippen LogP contribution in [0.15, 0.2) is 24.3 Å². The molecule has 0 aliphatic carbocycles. The molecule has 0 saturated carbocycles. The fraction of sp³-hybridized carbons (Fsp3) is 0.562. The van der Waals surface area contributed by atoms with Crippen LogP contribution in [-0.4, -0.2) is 42.2 Å². The molecule has 20 heavy (non-hydrogen) atoms. The molecule has 110 valence electrons. The highest BCUT2D eigenvalue weighted by molar-refractivity contribution is 5.77. The third-order valence-corrected chi connectivity index (χ3v) is 3.79. The SMILES string of the molecule is Cc1ccc(OCC(=O)N2CCCC(CCO)C2)cc1. The van der Waals surface area contributed by atoms with Gasteiger partial charge in [-0.25, -0.2) is 0 Å². The summed E-state index contributed by atoms with van der Waals surface area (Å²) in [7, 11) is 0. The maximum absolute atomic E-state index is 12.1. The summed E-state index contributed by atoms with van der Waals surface area (Å²) in [6.07, 6.45) is 2.90. The Kier molecular flexibility index (Phi) is 5.41. The zero-order chi connectivity index (χ0) is 14.4. The lowest BCUT2D eigenvalue weighted by atomic mass is 9.95. The monoisotopic (exact) mass is 277 g/mol. The van der Waals surface area contributed by atoms with Gasteiger partial charge >= 0.3 is 0 Å². The van der Waals surface area contributed by atoms with Crippen molar-refractivity contribution in [1.82, 2.24) is 4.90 Å². The Hall–Kier alpha value is -1.55. The number of ether oxygens (including phenoxy) is 1. The third kappa shape index (κ3) is 4.23. The summed E-state index contributed by atoms with van der Waals surface area (Å²) in [5.74, 6) is 1.19. The minimum absolute atomic E-state index is 0.0354. The molecule has 1 fully saturated rings. The summed E-state index contributed by atoms with van der Waals surface area (Å²) < 4.78 is 5.53. The van der Waals surface area contributed by atoms with Gasteiger partial charge in [0.25, 0.3) is 5.91 Å². The van der Waals surface area contributed by atoms with Gasteiger partial charge in [0.05, 0.1) is 0 Å². The number of benzene rings is 1. The highest BCUT2D eigenvalue weighted by Gasteiger charge is 2.23. The number of amides is 1. The van der Waals surface area contributed by atoms with Crippen LogP contribution in [0.3, 0.4) is 0 Å². The number of hydrogen-bond acceptors (Lipinski definition) is 3. The van der Waals surface area contributed by atoms with Crippen LogP contribution in [0.4, 0.5) is 0 Å². The van der Waals surface area contributed by atoms with Crippen molar-refractivity contribution in [1.29, 1.82) is 0 Å². The number of rotatable bonds is 5. The summed E-state index contributed by atoms with van der Waals surface area (Å²) in [6, 6.07) is 7.71. The van der Waals surface area contributed by atoms with Gasteiger partial charge in [0, 0.05) is 19.7 Å². The molecule has 1 unspecified atom stereocenters. The molecule has 1 saturated heterocycles. The molecule has 1 amide bonds. The largest absolute Gasteiger partial charge is 0.484 e. The molecule has 1 aromatic rings. The van der Waals surface area contributed by atoms with Crippen molar-refractivity contribution in [3.8, 4) is 5.75 Å². The average molecular weight is 277 g/mol. The van der Waals surface area contributed by atoms with Gasteiger partial charge in [-0.2, -0.15) is 0 Å². The first-order chi connectivity index (χ1) is 9.69. The van der Waals surface area contributed by atoms with Crippen molar-refractivity contribution >= 4 is 5.91 Å². The second-order valence-corrected chi connectivity index (χ2v) is 5.46. The third-order valence-electron chi connectivity index (χ3n) is 3.79. The van der Waals surface area contributed by atoms with Gasteiger partial charge in [-0.1, -0.05) is 17.7 Å². The van der Waals surface area contributed by atoms with Crippen LogP contribution < -0.4 is 4.74 Å². The minimum Gasteiger partial charge on any atom is -0.484 e. The lowest BCUT2D eigenvalue weighted by molar-refractivity contribution is -0.135. The molecule has 1 atom stereocenters. The van der Waals surface area contributed by atoms with Crippen LogP contribution in [0, 0.1) is 12.8 Å². The van der Waals surface area contributed by atoms with E-state index < -0.39 is 0 Å². The van der Waals surface area contributed by atoms with E-state index in [4.69, 9.17) is 9.84 Å². The Morgan fingerprint density at radius 3 is 2.85 bits per heavy atom. The number of nitrogens with zero attached hydrogens (tertiary/aromatic N) is 1. The molecule has 1 aliphatic rings. The van der Waals surface area contributed by atoms with Crippen molar-refractivity contribution in [3.63, 3.8) is 0 Å².